The van der Waals surface area contributed by atoms with Crippen molar-refractivity contribution >= 4 is 11.7 Å². The molecule has 2 N–H and O–H groups in total. The Bertz CT molecular complexity index is 450. The predicted molar refractivity (Wildman–Crippen MR) is 80.7 cm³/mol. The average molecular weight is 276 g/mol. The van der Waals surface area contributed by atoms with Crippen LogP contribution in [0.3, 0.4) is 0 Å². The first-order valence-electron chi connectivity index (χ1n) is 7.33. The highest BCUT2D eigenvalue weighted by molar-refractivity contribution is 5.89. The van der Waals surface area contributed by atoms with Crippen LogP contribution < -0.4 is 5.32 Å². The lowest BCUT2D eigenvalue weighted by molar-refractivity contribution is 0.194. The Balaban J connectivity index is 1.97. The fourth-order valence-electron chi connectivity index (χ4n) is 2.15. The zero-order valence-corrected chi connectivity index (χ0v) is 12.5. The van der Waals surface area contributed by atoms with Crippen LogP contribution in [0.15, 0.2) is 24.3 Å². The summed E-state index contributed by atoms with van der Waals surface area (Å²) in [5.74, 6) is 0.681. The van der Waals surface area contributed by atoms with Gasteiger partial charge in [0.2, 0.25) is 0 Å². The molecule has 1 atom stereocenters. The van der Waals surface area contributed by atoms with E-state index in [2.05, 4.69) is 5.32 Å². The lowest BCUT2D eigenvalue weighted by Gasteiger charge is -2.27. The molecule has 1 unspecified atom stereocenters. The van der Waals surface area contributed by atoms with Crippen molar-refractivity contribution < 1.29 is 9.90 Å². The molecule has 1 aromatic rings. The Morgan fingerprint density at radius 3 is 2.35 bits per heavy atom. The van der Waals surface area contributed by atoms with Crippen molar-refractivity contribution in [2.24, 2.45) is 5.92 Å². The Morgan fingerprint density at radius 2 is 1.90 bits per heavy atom. The second-order valence-corrected chi connectivity index (χ2v) is 5.92. The van der Waals surface area contributed by atoms with Gasteiger partial charge in [-0.15, -0.1) is 0 Å². The van der Waals surface area contributed by atoms with Gasteiger partial charge in [0.1, 0.15) is 0 Å². The highest BCUT2D eigenvalue weighted by Gasteiger charge is 2.28. The molecule has 1 fully saturated rings. The van der Waals surface area contributed by atoms with Gasteiger partial charge in [-0.2, -0.15) is 0 Å². The maximum absolute atomic E-state index is 12.3. The molecule has 2 rings (SSSR count). The van der Waals surface area contributed by atoms with Gasteiger partial charge in [0, 0.05) is 18.3 Å². The van der Waals surface area contributed by atoms with Gasteiger partial charge in [-0.05, 0) is 57.2 Å². The topological polar surface area (TPSA) is 52.6 Å². The van der Waals surface area contributed by atoms with Crippen molar-refractivity contribution in [2.75, 3.05) is 11.9 Å². The number of nitrogens with zero attached hydrogens (tertiary/aromatic N) is 1. The molecule has 0 spiro atoms. The SMILES string of the molecule is CC(O)c1ccc(NC(=O)N(CC2CC2)C(C)C)cc1. The maximum atomic E-state index is 12.3. The smallest absolute Gasteiger partial charge is 0.322 e. The Hall–Kier alpha value is -1.55. The molecule has 1 saturated carbocycles. The van der Waals surface area contributed by atoms with Crippen LogP contribution in [0.2, 0.25) is 0 Å². The highest BCUT2D eigenvalue weighted by Crippen LogP contribution is 2.30. The van der Waals surface area contributed by atoms with Crippen LogP contribution in [0.4, 0.5) is 10.5 Å². The number of nitrogens with one attached hydrogen (secondary N) is 1. The molecule has 1 aliphatic carbocycles. The monoisotopic (exact) mass is 276 g/mol. The van der Waals surface area contributed by atoms with Gasteiger partial charge < -0.3 is 15.3 Å². The second-order valence-electron chi connectivity index (χ2n) is 5.92. The summed E-state index contributed by atoms with van der Waals surface area (Å²) in [4.78, 5) is 14.2. The predicted octanol–water partition coefficient (Wildman–Crippen LogP) is 3.39. The van der Waals surface area contributed by atoms with Crippen LogP contribution in [0.25, 0.3) is 0 Å². The number of hydrogen-bond acceptors (Lipinski definition) is 2. The van der Waals surface area contributed by atoms with E-state index in [0.29, 0.717) is 5.92 Å². The van der Waals surface area contributed by atoms with Crippen LogP contribution in [-0.4, -0.2) is 28.6 Å². The second kappa shape index (κ2) is 6.27. The highest BCUT2D eigenvalue weighted by atomic mass is 16.3. The van der Waals surface area contributed by atoms with E-state index in [1.807, 2.05) is 43.0 Å². The third-order valence-electron chi connectivity index (χ3n) is 3.68. The largest absolute Gasteiger partial charge is 0.389 e. The number of anilines is 1. The van der Waals surface area contributed by atoms with Crippen molar-refractivity contribution in [3.8, 4) is 0 Å². The summed E-state index contributed by atoms with van der Waals surface area (Å²) >= 11 is 0. The van der Waals surface area contributed by atoms with Gasteiger partial charge in [0.25, 0.3) is 0 Å². The van der Waals surface area contributed by atoms with Crippen LogP contribution >= 0.6 is 0 Å². The van der Waals surface area contributed by atoms with E-state index in [4.69, 9.17) is 0 Å². The standard InChI is InChI=1S/C16H24N2O2/c1-11(2)18(10-13-4-5-13)16(20)17-15-8-6-14(7-9-15)12(3)19/h6-9,11-13,19H,4-5,10H2,1-3H3,(H,17,20). The lowest BCUT2D eigenvalue weighted by atomic mass is 10.1. The number of rotatable bonds is 5. The first kappa shape index (κ1) is 14.9. The molecule has 1 aliphatic rings. The summed E-state index contributed by atoms with van der Waals surface area (Å²) in [6, 6.07) is 7.48. The zero-order chi connectivity index (χ0) is 14.7. The van der Waals surface area contributed by atoms with Crippen LogP contribution in [0.5, 0.6) is 0 Å². The molecule has 4 heteroatoms. The molecular weight excluding hydrogens is 252 g/mol. The molecule has 110 valence electrons. The number of carbonyl (C=O) groups excluding carboxylic acids is 1. The Morgan fingerprint density at radius 1 is 1.30 bits per heavy atom. The number of urea groups is 1. The number of benzene rings is 1. The summed E-state index contributed by atoms with van der Waals surface area (Å²) in [5, 5.41) is 12.4. The van der Waals surface area contributed by atoms with Gasteiger partial charge >= 0.3 is 6.03 Å². The third kappa shape index (κ3) is 3.97. The van der Waals surface area contributed by atoms with Crippen molar-refractivity contribution in [3.63, 3.8) is 0 Å². The minimum Gasteiger partial charge on any atom is -0.389 e. The fourth-order valence-corrected chi connectivity index (χ4v) is 2.15. The van der Waals surface area contributed by atoms with E-state index in [1.54, 1.807) is 6.92 Å². The molecule has 4 nitrogen and oxygen atoms in total. The summed E-state index contributed by atoms with van der Waals surface area (Å²) in [5.41, 5.74) is 1.61. The summed E-state index contributed by atoms with van der Waals surface area (Å²) < 4.78 is 0. The molecule has 1 aromatic carbocycles. The summed E-state index contributed by atoms with van der Waals surface area (Å²) in [6.07, 6.45) is 1.99. The average Bonchev–Trinajstić information content (AvgIpc) is 3.20. The minimum atomic E-state index is -0.484. The first-order chi connectivity index (χ1) is 9.47. The molecule has 0 aromatic heterocycles. The number of aliphatic hydroxyl groups excluding tert-OH is 1. The number of aliphatic hydroxyl groups is 1. The minimum absolute atomic E-state index is 0.0447. The quantitative estimate of drug-likeness (QED) is 0.866. The molecule has 0 radical (unpaired) electrons. The number of hydrogen-bond donors (Lipinski definition) is 2. The normalized spacial score (nSPS) is 16.1. The van der Waals surface area contributed by atoms with Crippen molar-refractivity contribution in [2.45, 2.75) is 45.8 Å². The molecule has 2 amide bonds. The van der Waals surface area contributed by atoms with E-state index in [9.17, 15) is 9.90 Å². The van der Waals surface area contributed by atoms with E-state index in [1.165, 1.54) is 12.8 Å². The van der Waals surface area contributed by atoms with Gasteiger partial charge in [-0.1, -0.05) is 12.1 Å². The van der Waals surface area contributed by atoms with Gasteiger partial charge in [-0.3, -0.25) is 0 Å². The maximum Gasteiger partial charge on any atom is 0.322 e. The van der Waals surface area contributed by atoms with E-state index < -0.39 is 6.10 Å². The zero-order valence-electron chi connectivity index (χ0n) is 12.5. The molecule has 0 heterocycles. The van der Waals surface area contributed by atoms with Crippen molar-refractivity contribution in [1.29, 1.82) is 0 Å². The number of amides is 2. The summed E-state index contributed by atoms with van der Waals surface area (Å²) in [6.45, 7) is 6.65. The third-order valence-corrected chi connectivity index (χ3v) is 3.68. The van der Waals surface area contributed by atoms with E-state index in [-0.39, 0.29) is 12.1 Å². The van der Waals surface area contributed by atoms with Crippen molar-refractivity contribution in [3.05, 3.63) is 29.8 Å². The Kier molecular flexibility index (Phi) is 4.65. The van der Waals surface area contributed by atoms with Crippen LogP contribution in [0.1, 0.15) is 45.3 Å². The van der Waals surface area contributed by atoms with Crippen LogP contribution in [-0.2, 0) is 0 Å². The molecule has 20 heavy (non-hydrogen) atoms. The number of carbonyl (C=O) groups is 1. The molecule has 0 bridgehead atoms. The van der Waals surface area contributed by atoms with Crippen molar-refractivity contribution in [1.82, 2.24) is 4.90 Å². The molecule has 0 aliphatic heterocycles. The fraction of sp³-hybridized carbons (Fsp3) is 0.562. The molecule has 0 saturated heterocycles. The van der Waals surface area contributed by atoms with Gasteiger partial charge in [0.05, 0.1) is 6.10 Å². The van der Waals surface area contributed by atoms with Gasteiger partial charge in [0.15, 0.2) is 0 Å². The lowest BCUT2D eigenvalue weighted by Crippen LogP contribution is -2.41. The Labute approximate surface area is 120 Å². The van der Waals surface area contributed by atoms with E-state index >= 15 is 0 Å². The van der Waals surface area contributed by atoms with Gasteiger partial charge in [-0.25, -0.2) is 4.79 Å². The van der Waals surface area contributed by atoms with E-state index in [0.717, 1.165) is 17.8 Å². The first-order valence-corrected chi connectivity index (χ1v) is 7.33. The van der Waals surface area contributed by atoms with Crippen LogP contribution in [0, 0.1) is 5.92 Å². The summed E-state index contributed by atoms with van der Waals surface area (Å²) in [7, 11) is 0. The molecular formula is C16H24N2O2.